The molecule has 2 unspecified atom stereocenters. The van der Waals surface area contributed by atoms with Gasteiger partial charge in [0.1, 0.15) is 0 Å². The zero-order chi connectivity index (χ0) is 12.4. The Labute approximate surface area is 138 Å². The highest BCUT2D eigenvalue weighted by molar-refractivity contribution is 7.59. The minimum Gasteiger partial charge on any atom is -0.349 e. The zero-order valence-corrected chi connectivity index (χ0v) is 16.3. The molecule has 0 spiro atoms. The van der Waals surface area contributed by atoms with Crippen molar-refractivity contribution in [2.45, 2.75) is 13.8 Å². The molecule has 0 saturated carbocycles. The Morgan fingerprint density at radius 3 is 1.53 bits per heavy atom. The topological polar surface area (TPSA) is 40.6 Å². The molecule has 2 amide bonds. The minimum atomic E-state index is -0.0556. The molecule has 0 aromatic rings. The lowest BCUT2D eigenvalue weighted by atomic mass is 10.4. The number of hydrogen-bond donors (Lipinski definition) is 0. The number of nitrogens with zero attached hydrogens (tertiary/aromatic N) is 2. The molecular formula is C11H32N2O2P2S2. The van der Waals surface area contributed by atoms with Gasteiger partial charge in [0.15, 0.2) is 0 Å². The van der Waals surface area contributed by atoms with Gasteiger partial charge >= 0.3 is 0 Å². The van der Waals surface area contributed by atoms with Crippen molar-refractivity contribution < 1.29 is 9.59 Å². The van der Waals surface area contributed by atoms with Crippen LogP contribution in [-0.4, -0.2) is 56.0 Å². The van der Waals surface area contributed by atoms with E-state index >= 15 is 0 Å². The van der Waals surface area contributed by atoms with Crippen LogP contribution in [0.5, 0.6) is 0 Å². The van der Waals surface area contributed by atoms with E-state index in [1.165, 1.54) is 11.0 Å². The fourth-order valence-electron chi connectivity index (χ4n) is 0.530. The van der Waals surface area contributed by atoms with Gasteiger partial charge in [-0.15, -0.1) is 9.24 Å². The lowest BCUT2D eigenvalue weighted by Gasteiger charge is -2.07. The number of carbonyl (C=O) groups is 2. The average Bonchev–Trinajstić information content (AvgIpc) is 2.17. The van der Waals surface area contributed by atoms with Gasteiger partial charge in [-0.2, -0.15) is 36.9 Å². The van der Waals surface area contributed by atoms with Crippen LogP contribution < -0.4 is 0 Å². The lowest BCUT2D eigenvalue weighted by Crippen LogP contribution is -2.21. The standard InChI is InChI=1S/C5H12NOP.C5H9NO.CH4.H3P.2H2S/c1-6(2)5(7)3-4-8;1-4-5(7)6(2)3;;;;/h3-4,8H2,1-2H3;4H,1H2,2-3H3;1H4;1H3;2*1H2. The molecule has 0 N–H and O–H groups in total. The summed E-state index contributed by atoms with van der Waals surface area (Å²) in [6.07, 6.45) is 2.77. The van der Waals surface area contributed by atoms with Crippen molar-refractivity contribution in [3.05, 3.63) is 12.7 Å². The van der Waals surface area contributed by atoms with Crippen LogP contribution in [0.1, 0.15) is 13.8 Å². The number of likely N-dealkylation sites (N-methyl/N-ethyl adjacent to an activating group) is 1. The Morgan fingerprint density at radius 2 is 1.47 bits per heavy atom. The molecule has 0 fully saturated rings. The quantitative estimate of drug-likeness (QED) is 0.572. The molecular weight excluding hydrogens is 318 g/mol. The van der Waals surface area contributed by atoms with Crippen LogP contribution in [0, 0.1) is 0 Å². The Bertz CT molecular complexity index is 229. The number of rotatable bonds is 3. The van der Waals surface area contributed by atoms with Gasteiger partial charge in [-0.3, -0.25) is 9.59 Å². The normalized spacial score (nSPS) is 6.58. The molecule has 4 nitrogen and oxygen atoms in total. The molecule has 19 heavy (non-hydrogen) atoms. The fraction of sp³-hybridized carbons (Fsp3) is 0.636. The van der Waals surface area contributed by atoms with Gasteiger partial charge in [0.25, 0.3) is 0 Å². The first-order valence-electron chi connectivity index (χ1n) is 4.60. The van der Waals surface area contributed by atoms with E-state index in [2.05, 4.69) is 15.8 Å². The Balaban J connectivity index is -0.0000000369. The highest BCUT2D eigenvalue weighted by atomic mass is 32.1. The monoisotopic (exact) mass is 350 g/mol. The summed E-state index contributed by atoms with van der Waals surface area (Å²) < 4.78 is 0. The van der Waals surface area contributed by atoms with Crippen molar-refractivity contribution in [2.24, 2.45) is 0 Å². The van der Waals surface area contributed by atoms with E-state index in [1.807, 2.05) is 0 Å². The highest BCUT2D eigenvalue weighted by Gasteiger charge is 1.98. The fourth-order valence-corrected chi connectivity index (χ4v) is 0.777. The highest BCUT2D eigenvalue weighted by Crippen LogP contribution is 1.90. The van der Waals surface area contributed by atoms with Crippen LogP contribution in [0.4, 0.5) is 0 Å². The van der Waals surface area contributed by atoms with Crippen LogP contribution in [-0.2, 0) is 9.59 Å². The van der Waals surface area contributed by atoms with Crippen molar-refractivity contribution in [2.75, 3.05) is 34.4 Å². The Morgan fingerprint density at radius 1 is 1.11 bits per heavy atom. The summed E-state index contributed by atoms with van der Waals surface area (Å²) in [5, 5.41) is 0. The van der Waals surface area contributed by atoms with Crippen LogP contribution in [0.2, 0.25) is 0 Å². The Kier molecular flexibility index (Phi) is 44.9. The predicted molar refractivity (Wildman–Crippen MR) is 105 cm³/mol. The van der Waals surface area contributed by atoms with Crippen LogP contribution >= 0.6 is 46.1 Å². The maximum absolute atomic E-state index is 10.7. The first kappa shape index (κ1) is 36.5. The molecule has 0 aliphatic carbocycles. The maximum atomic E-state index is 10.7. The SMILES string of the molecule is C.C=CC(=O)N(C)C.CN(C)C(=O)CCP.P.S.S. The third-order valence-corrected chi connectivity index (χ3v) is 1.76. The zero-order valence-electron chi connectivity index (χ0n) is 11.7. The molecule has 0 rings (SSSR count). The molecule has 2 atom stereocenters. The van der Waals surface area contributed by atoms with Crippen molar-refractivity contribution in [1.29, 1.82) is 0 Å². The smallest absolute Gasteiger partial charge is 0.245 e. The molecule has 120 valence electrons. The summed E-state index contributed by atoms with van der Waals surface area (Å²) in [4.78, 5) is 24.0. The summed E-state index contributed by atoms with van der Waals surface area (Å²) in [7, 11) is 9.42. The molecule has 8 heteroatoms. The number of carbonyl (C=O) groups excluding carboxylic acids is 2. The lowest BCUT2D eigenvalue weighted by molar-refractivity contribution is -0.128. The molecule has 0 bridgehead atoms. The maximum Gasteiger partial charge on any atom is 0.245 e. The second kappa shape index (κ2) is 23.3. The van der Waals surface area contributed by atoms with Crippen LogP contribution in [0.25, 0.3) is 0 Å². The van der Waals surface area contributed by atoms with Gasteiger partial charge in [0, 0.05) is 34.6 Å². The summed E-state index contributed by atoms with van der Waals surface area (Å²) >= 11 is 0. The van der Waals surface area contributed by atoms with Crippen LogP contribution in [0.15, 0.2) is 12.7 Å². The molecule has 0 aromatic heterocycles. The number of hydrogen-bond acceptors (Lipinski definition) is 2. The van der Waals surface area contributed by atoms with Crippen molar-refractivity contribution in [3.63, 3.8) is 0 Å². The molecule has 0 saturated heterocycles. The van der Waals surface area contributed by atoms with Crippen molar-refractivity contribution in [3.8, 4) is 0 Å². The second-order valence-electron chi connectivity index (χ2n) is 3.26. The minimum absolute atomic E-state index is 0. The molecule has 0 radical (unpaired) electrons. The molecule has 0 aliphatic rings. The van der Waals surface area contributed by atoms with Gasteiger partial charge in [0.2, 0.25) is 11.8 Å². The third-order valence-electron chi connectivity index (χ3n) is 1.47. The van der Waals surface area contributed by atoms with Crippen LogP contribution in [0.3, 0.4) is 0 Å². The van der Waals surface area contributed by atoms with Crippen molar-refractivity contribution >= 4 is 57.9 Å². The van der Waals surface area contributed by atoms with Gasteiger partial charge in [-0.25, -0.2) is 0 Å². The molecule has 0 aromatic carbocycles. The molecule has 0 heterocycles. The van der Waals surface area contributed by atoms with E-state index in [1.54, 1.807) is 33.1 Å². The predicted octanol–water partition coefficient (Wildman–Crippen LogP) is 1.52. The van der Waals surface area contributed by atoms with E-state index < -0.39 is 0 Å². The summed E-state index contributed by atoms with van der Waals surface area (Å²) in [5.74, 6) is 0.139. The average molecular weight is 350 g/mol. The summed E-state index contributed by atoms with van der Waals surface area (Å²) in [5.41, 5.74) is 0. The van der Waals surface area contributed by atoms with E-state index in [4.69, 9.17) is 0 Å². The second-order valence-corrected chi connectivity index (χ2v) is 3.84. The van der Waals surface area contributed by atoms with Gasteiger partial charge in [-0.1, -0.05) is 14.0 Å². The largest absolute Gasteiger partial charge is 0.349 e. The molecule has 0 aliphatic heterocycles. The number of amides is 2. The summed E-state index contributed by atoms with van der Waals surface area (Å²) in [6, 6.07) is 0. The first-order valence-corrected chi connectivity index (χ1v) is 5.42. The van der Waals surface area contributed by atoms with E-state index in [0.29, 0.717) is 6.42 Å². The van der Waals surface area contributed by atoms with Gasteiger partial charge in [0.05, 0.1) is 0 Å². The first-order chi connectivity index (χ1) is 6.86. The Hall–Kier alpha value is 0.240. The third kappa shape index (κ3) is 27.4. The van der Waals surface area contributed by atoms with E-state index in [9.17, 15) is 9.59 Å². The van der Waals surface area contributed by atoms with Gasteiger partial charge < -0.3 is 9.80 Å². The van der Waals surface area contributed by atoms with E-state index in [0.717, 1.165) is 6.16 Å². The van der Waals surface area contributed by atoms with Crippen molar-refractivity contribution in [1.82, 2.24) is 9.80 Å². The van der Waals surface area contributed by atoms with E-state index in [-0.39, 0.29) is 56.1 Å². The summed E-state index contributed by atoms with van der Waals surface area (Å²) in [6.45, 7) is 3.29. The van der Waals surface area contributed by atoms with Gasteiger partial charge in [-0.05, 0) is 12.2 Å².